The van der Waals surface area contributed by atoms with E-state index in [2.05, 4.69) is 4.98 Å². The van der Waals surface area contributed by atoms with Crippen molar-refractivity contribution in [2.24, 2.45) is 0 Å². The highest BCUT2D eigenvalue weighted by Crippen LogP contribution is 2.24. The summed E-state index contributed by atoms with van der Waals surface area (Å²) >= 11 is 12.1. The Morgan fingerprint density at radius 1 is 1.30 bits per heavy atom. The largest absolute Gasteiger partial charge is 0.469 e. The SMILES string of the molecule is COC(=O)C(C)c1ccc2nc3c(Cl)cc(Cl)cn3c(=O)c2c1. The van der Waals surface area contributed by atoms with Crippen LogP contribution in [0, 0.1) is 0 Å². The molecule has 2 heterocycles. The molecule has 3 aromatic rings. The smallest absolute Gasteiger partial charge is 0.312 e. The van der Waals surface area contributed by atoms with Gasteiger partial charge in [-0.2, -0.15) is 0 Å². The second kappa shape index (κ2) is 5.83. The maximum atomic E-state index is 12.7. The average molecular weight is 351 g/mol. The average Bonchev–Trinajstić information content (AvgIpc) is 2.54. The number of hydrogen-bond donors (Lipinski definition) is 0. The van der Waals surface area contributed by atoms with Gasteiger partial charge in [-0.15, -0.1) is 0 Å². The van der Waals surface area contributed by atoms with Crippen LogP contribution >= 0.6 is 23.2 Å². The molecular weight excluding hydrogens is 339 g/mol. The molecule has 5 nitrogen and oxygen atoms in total. The van der Waals surface area contributed by atoms with Gasteiger partial charge in [0.1, 0.15) is 0 Å². The number of hydrogen-bond acceptors (Lipinski definition) is 4. The zero-order valence-corrected chi connectivity index (χ0v) is 13.9. The van der Waals surface area contributed by atoms with Crippen molar-refractivity contribution < 1.29 is 9.53 Å². The number of carbonyl (C=O) groups excluding carboxylic acids is 1. The first-order valence-electron chi connectivity index (χ1n) is 6.81. The summed E-state index contributed by atoms with van der Waals surface area (Å²) < 4.78 is 6.04. The number of nitrogens with zero attached hydrogens (tertiary/aromatic N) is 2. The standard InChI is InChI=1S/C16H12Cl2N2O3/c1-8(16(22)23-2)9-3-4-13-11(5-9)15(21)20-7-10(17)6-12(18)14(20)19-13/h3-8H,1-2H3. The third-order valence-corrected chi connectivity index (χ3v) is 4.19. The Balaban J connectivity index is 2.31. The third kappa shape index (κ3) is 2.66. The lowest BCUT2D eigenvalue weighted by molar-refractivity contribution is -0.141. The molecule has 1 aromatic carbocycles. The fourth-order valence-electron chi connectivity index (χ4n) is 2.43. The Morgan fingerprint density at radius 2 is 2.04 bits per heavy atom. The minimum atomic E-state index is -0.479. The molecule has 0 radical (unpaired) electrons. The second-order valence-corrected chi connectivity index (χ2v) is 5.98. The highest BCUT2D eigenvalue weighted by molar-refractivity contribution is 6.36. The number of carbonyl (C=O) groups is 1. The zero-order chi connectivity index (χ0) is 16.7. The lowest BCUT2D eigenvalue weighted by Gasteiger charge is -2.11. The van der Waals surface area contributed by atoms with E-state index in [1.54, 1.807) is 25.1 Å². The van der Waals surface area contributed by atoms with Gasteiger partial charge >= 0.3 is 5.97 Å². The fourth-order valence-corrected chi connectivity index (χ4v) is 2.95. The van der Waals surface area contributed by atoms with Crippen LogP contribution in [0.2, 0.25) is 10.0 Å². The number of fused-ring (bicyclic) bond motifs is 2. The lowest BCUT2D eigenvalue weighted by Crippen LogP contribution is -2.17. The van der Waals surface area contributed by atoms with E-state index in [0.29, 0.717) is 32.2 Å². The predicted molar refractivity (Wildman–Crippen MR) is 89.4 cm³/mol. The monoisotopic (exact) mass is 350 g/mol. The molecule has 0 aliphatic rings. The van der Waals surface area contributed by atoms with Crippen molar-refractivity contribution in [3.63, 3.8) is 0 Å². The van der Waals surface area contributed by atoms with Gasteiger partial charge in [0, 0.05) is 6.20 Å². The molecule has 0 aliphatic carbocycles. The summed E-state index contributed by atoms with van der Waals surface area (Å²) in [6, 6.07) is 6.62. The first-order chi connectivity index (χ1) is 10.9. The van der Waals surface area contributed by atoms with Gasteiger partial charge in [0.2, 0.25) is 0 Å². The molecule has 2 aromatic heterocycles. The van der Waals surface area contributed by atoms with E-state index in [0.717, 1.165) is 0 Å². The molecule has 1 atom stereocenters. The molecule has 1 unspecified atom stereocenters. The summed E-state index contributed by atoms with van der Waals surface area (Å²) in [7, 11) is 1.33. The van der Waals surface area contributed by atoms with Crippen LogP contribution in [0.4, 0.5) is 0 Å². The number of aromatic nitrogens is 2. The van der Waals surface area contributed by atoms with Crippen LogP contribution in [-0.4, -0.2) is 22.5 Å². The van der Waals surface area contributed by atoms with Crippen LogP contribution in [0.1, 0.15) is 18.4 Å². The van der Waals surface area contributed by atoms with E-state index in [9.17, 15) is 9.59 Å². The molecule has 0 N–H and O–H groups in total. The van der Waals surface area contributed by atoms with Crippen molar-refractivity contribution in [2.45, 2.75) is 12.8 Å². The van der Waals surface area contributed by atoms with Gasteiger partial charge in [-0.1, -0.05) is 29.3 Å². The summed E-state index contributed by atoms with van der Waals surface area (Å²) in [5.41, 5.74) is 1.21. The minimum absolute atomic E-state index is 0.295. The Morgan fingerprint density at radius 3 is 2.74 bits per heavy atom. The summed E-state index contributed by atoms with van der Waals surface area (Å²) in [6.45, 7) is 1.72. The second-order valence-electron chi connectivity index (χ2n) is 5.14. The van der Waals surface area contributed by atoms with Crippen molar-refractivity contribution >= 4 is 45.7 Å². The maximum Gasteiger partial charge on any atom is 0.312 e. The Kier molecular flexibility index (Phi) is 4.00. The Bertz CT molecular complexity index is 998. The number of ether oxygens (including phenoxy) is 1. The Labute approximate surface area is 141 Å². The number of benzene rings is 1. The molecule has 7 heteroatoms. The maximum absolute atomic E-state index is 12.7. The number of halogens is 2. The predicted octanol–water partition coefficient (Wildman–Crippen LogP) is 3.43. The topological polar surface area (TPSA) is 60.7 Å². The van der Waals surface area contributed by atoms with Crippen LogP contribution < -0.4 is 5.56 Å². The van der Waals surface area contributed by atoms with Crippen molar-refractivity contribution in [1.29, 1.82) is 0 Å². The van der Waals surface area contributed by atoms with Gasteiger partial charge < -0.3 is 4.74 Å². The summed E-state index contributed by atoms with van der Waals surface area (Å²) in [5.74, 6) is -0.850. The van der Waals surface area contributed by atoms with Gasteiger partial charge in [0.25, 0.3) is 5.56 Å². The summed E-state index contributed by atoms with van der Waals surface area (Å²) in [4.78, 5) is 28.8. The lowest BCUT2D eigenvalue weighted by atomic mass is 10.00. The highest BCUT2D eigenvalue weighted by atomic mass is 35.5. The molecule has 23 heavy (non-hydrogen) atoms. The van der Waals surface area contributed by atoms with Gasteiger partial charge in [0.15, 0.2) is 5.65 Å². The molecule has 0 amide bonds. The van der Waals surface area contributed by atoms with Gasteiger partial charge in [-0.25, -0.2) is 4.98 Å². The van der Waals surface area contributed by atoms with Crippen LogP contribution in [0.3, 0.4) is 0 Å². The van der Waals surface area contributed by atoms with Crippen LogP contribution in [0.15, 0.2) is 35.3 Å². The number of pyridine rings is 1. The molecule has 0 fully saturated rings. The molecule has 0 aliphatic heterocycles. The first kappa shape index (κ1) is 15.8. The quantitative estimate of drug-likeness (QED) is 0.524. The molecule has 3 rings (SSSR count). The van der Waals surface area contributed by atoms with Crippen LogP contribution in [-0.2, 0) is 9.53 Å². The van der Waals surface area contributed by atoms with Gasteiger partial charge in [-0.3, -0.25) is 14.0 Å². The van der Waals surface area contributed by atoms with E-state index in [4.69, 9.17) is 27.9 Å². The van der Waals surface area contributed by atoms with Crippen LogP contribution in [0.5, 0.6) is 0 Å². The first-order valence-corrected chi connectivity index (χ1v) is 7.57. The normalized spacial score (nSPS) is 12.5. The molecular formula is C16H12Cl2N2O3. The molecule has 0 spiro atoms. The van der Waals surface area contributed by atoms with Crippen molar-refractivity contribution in [1.82, 2.24) is 9.38 Å². The number of esters is 1. The van der Waals surface area contributed by atoms with E-state index >= 15 is 0 Å². The van der Waals surface area contributed by atoms with E-state index in [-0.39, 0.29) is 11.5 Å². The van der Waals surface area contributed by atoms with Crippen molar-refractivity contribution in [3.8, 4) is 0 Å². The summed E-state index contributed by atoms with van der Waals surface area (Å²) in [6.07, 6.45) is 1.47. The molecule has 0 saturated heterocycles. The van der Waals surface area contributed by atoms with Gasteiger partial charge in [0.05, 0.1) is 34.0 Å². The van der Waals surface area contributed by atoms with Crippen molar-refractivity contribution in [2.75, 3.05) is 7.11 Å². The minimum Gasteiger partial charge on any atom is -0.469 e. The van der Waals surface area contributed by atoms with E-state index in [1.807, 2.05) is 0 Å². The molecule has 0 saturated carbocycles. The zero-order valence-electron chi connectivity index (χ0n) is 12.3. The number of rotatable bonds is 2. The highest BCUT2D eigenvalue weighted by Gasteiger charge is 2.17. The van der Waals surface area contributed by atoms with E-state index in [1.165, 1.54) is 23.8 Å². The van der Waals surface area contributed by atoms with E-state index < -0.39 is 5.92 Å². The molecule has 0 bridgehead atoms. The third-order valence-electron chi connectivity index (χ3n) is 3.71. The number of methoxy groups -OCH3 is 1. The fraction of sp³-hybridized carbons (Fsp3) is 0.188. The molecule has 118 valence electrons. The van der Waals surface area contributed by atoms with Crippen LogP contribution in [0.25, 0.3) is 16.6 Å². The summed E-state index contributed by atoms with van der Waals surface area (Å²) in [5, 5.41) is 1.02. The van der Waals surface area contributed by atoms with Crippen molar-refractivity contribution in [3.05, 3.63) is 56.4 Å². The Hall–Kier alpha value is -2.11. The van der Waals surface area contributed by atoms with Gasteiger partial charge in [-0.05, 0) is 30.7 Å².